The van der Waals surface area contributed by atoms with Crippen molar-refractivity contribution in [1.29, 1.82) is 0 Å². The zero-order chi connectivity index (χ0) is 9.14. The Morgan fingerprint density at radius 2 is 1.92 bits per heavy atom. The minimum absolute atomic E-state index is 0.810. The molecule has 0 bridgehead atoms. The fourth-order valence-electron chi connectivity index (χ4n) is 1.05. The lowest BCUT2D eigenvalue weighted by atomic mass is 10.1. The fraction of sp³-hybridized carbons (Fsp3) is 0.300. The van der Waals surface area contributed by atoms with Gasteiger partial charge >= 0.3 is 0 Å². The summed E-state index contributed by atoms with van der Waals surface area (Å²) in [6.07, 6.45) is 1.56. The second-order valence-corrected chi connectivity index (χ2v) is 3.02. The Balaban J connectivity index is 3.05. The Hall–Kier alpha value is -1.31. The maximum Gasteiger partial charge on any atom is 0.181 e. The van der Waals surface area contributed by atoms with Crippen LogP contribution in [0.1, 0.15) is 16.7 Å². The van der Waals surface area contributed by atoms with Gasteiger partial charge in [0, 0.05) is 5.56 Å². The van der Waals surface area contributed by atoms with Gasteiger partial charge in [-0.15, -0.1) is 0 Å². The number of nitrogens with zero attached hydrogens (tertiary/aromatic N) is 1. The van der Waals surface area contributed by atoms with E-state index in [9.17, 15) is 5.21 Å². The Morgan fingerprint density at radius 1 is 1.25 bits per heavy atom. The molecule has 2 nitrogen and oxygen atoms in total. The highest BCUT2D eigenvalue weighted by Crippen LogP contribution is 2.07. The van der Waals surface area contributed by atoms with E-state index < -0.39 is 0 Å². The van der Waals surface area contributed by atoms with Crippen LogP contribution in [0.25, 0.3) is 0 Å². The summed E-state index contributed by atoms with van der Waals surface area (Å²) >= 11 is 0. The minimum atomic E-state index is 0.810. The second kappa shape index (κ2) is 3.39. The average Bonchev–Trinajstić information content (AvgIpc) is 1.96. The van der Waals surface area contributed by atoms with Gasteiger partial charge in [0.25, 0.3) is 0 Å². The molecular weight excluding hydrogens is 150 g/mol. The van der Waals surface area contributed by atoms with Gasteiger partial charge in [0.05, 0.1) is 0 Å². The van der Waals surface area contributed by atoms with Crippen LogP contribution in [0.5, 0.6) is 0 Å². The Bertz CT molecular complexity index is 312. The first-order chi connectivity index (χ1) is 5.59. The predicted molar refractivity (Wildman–Crippen MR) is 50.6 cm³/mol. The summed E-state index contributed by atoms with van der Waals surface area (Å²) in [7, 11) is 1.48. The third-order valence-corrected chi connectivity index (χ3v) is 1.86. The van der Waals surface area contributed by atoms with Crippen LogP contribution < -0.4 is 0 Å². The SMILES string of the molecule is Cc1ccc(C=[N+](C)[O-])cc1C. The van der Waals surface area contributed by atoms with Crippen molar-refractivity contribution in [3.8, 4) is 0 Å². The molecule has 0 N–H and O–H groups in total. The molecule has 0 saturated heterocycles. The summed E-state index contributed by atoms with van der Waals surface area (Å²) in [6.45, 7) is 4.09. The molecule has 2 heteroatoms. The van der Waals surface area contributed by atoms with Crippen molar-refractivity contribution in [2.45, 2.75) is 13.8 Å². The van der Waals surface area contributed by atoms with Crippen LogP contribution in [0.4, 0.5) is 0 Å². The second-order valence-electron chi connectivity index (χ2n) is 3.02. The van der Waals surface area contributed by atoms with E-state index in [1.54, 1.807) is 6.21 Å². The predicted octanol–water partition coefficient (Wildman–Crippen LogP) is 1.86. The summed E-state index contributed by atoms with van der Waals surface area (Å²) < 4.78 is 0.810. The van der Waals surface area contributed by atoms with Crippen molar-refractivity contribution < 1.29 is 4.74 Å². The number of hydroxylamine groups is 1. The molecule has 0 aliphatic heterocycles. The lowest BCUT2D eigenvalue weighted by Gasteiger charge is -2.00. The molecule has 0 spiro atoms. The summed E-state index contributed by atoms with van der Waals surface area (Å²) in [4.78, 5) is 0. The highest BCUT2D eigenvalue weighted by Gasteiger charge is 1.95. The van der Waals surface area contributed by atoms with Gasteiger partial charge in [0.1, 0.15) is 7.05 Å². The molecule has 0 fully saturated rings. The molecule has 1 aromatic carbocycles. The maximum atomic E-state index is 10.7. The van der Waals surface area contributed by atoms with Crippen molar-refractivity contribution in [1.82, 2.24) is 0 Å². The first kappa shape index (κ1) is 8.78. The minimum Gasteiger partial charge on any atom is -0.624 e. The first-order valence-electron chi connectivity index (χ1n) is 3.91. The largest absolute Gasteiger partial charge is 0.624 e. The number of hydrogen-bond donors (Lipinski definition) is 0. The van der Waals surface area contributed by atoms with E-state index in [-0.39, 0.29) is 0 Å². The van der Waals surface area contributed by atoms with Gasteiger partial charge in [0.15, 0.2) is 6.21 Å². The molecule has 1 rings (SSSR count). The zero-order valence-electron chi connectivity index (χ0n) is 7.66. The monoisotopic (exact) mass is 163 g/mol. The summed E-state index contributed by atoms with van der Waals surface area (Å²) in [5.74, 6) is 0. The quantitative estimate of drug-likeness (QED) is 0.268. The van der Waals surface area contributed by atoms with E-state index in [4.69, 9.17) is 0 Å². The van der Waals surface area contributed by atoms with Gasteiger partial charge in [-0.1, -0.05) is 6.07 Å². The first-order valence-corrected chi connectivity index (χ1v) is 3.91. The van der Waals surface area contributed by atoms with Crippen LogP contribution in [0.15, 0.2) is 18.2 Å². The topological polar surface area (TPSA) is 26.1 Å². The van der Waals surface area contributed by atoms with Gasteiger partial charge in [-0.2, -0.15) is 0 Å². The van der Waals surface area contributed by atoms with Crippen LogP contribution in [0.2, 0.25) is 0 Å². The van der Waals surface area contributed by atoms with Crippen molar-refractivity contribution in [3.05, 3.63) is 40.1 Å². The number of benzene rings is 1. The molecule has 0 radical (unpaired) electrons. The van der Waals surface area contributed by atoms with Crippen LogP contribution >= 0.6 is 0 Å². The van der Waals surface area contributed by atoms with E-state index in [1.165, 1.54) is 18.2 Å². The number of rotatable bonds is 1. The Labute approximate surface area is 72.7 Å². The van der Waals surface area contributed by atoms with E-state index in [0.717, 1.165) is 10.3 Å². The molecular formula is C10H13NO. The van der Waals surface area contributed by atoms with Crippen molar-refractivity contribution in [2.24, 2.45) is 0 Å². The molecule has 0 amide bonds. The Kier molecular flexibility index (Phi) is 2.48. The Morgan fingerprint density at radius 3 is 2.42 bits per heavy atom. The van der Waals surface area contributed by atoms with Gasteiger partial charge in [0.2, 0.25) is 0 Å². The third kappa shape index (κ3) is 2.09. The highest BCUT2D eigenvalue weighted by molar-refractivity contribution is 5.76. The van der Waals surface area contributed by atoms with Crippen molar-refractivity contribution >= 4 is 6.21 Å². The van der Waals surface area contributed by atoms with Gasteiger partial charge in [-0.05, 0) is 37.1 Å². The van der Waals surface area contributed by atoms with Crippen LogP contribution in [0.3, 0.4) is 0 Å². The number of aryl methyl sites for hydroxylation is 2. The van der Waals surface area contributed by atoms with Crippen LogP contribution in [-0.2, 0) is 0 Å². The number of hydrogen-bond acceptors (Lipinski definition) is 1. The maximum absolute atomic E-state index is 10.7. The van der Waals surface area contributed by atoms with E-state index in [2.05, 4.69) is 6.92 Å². The molecule has 0 unspecified atom stereocenters. The van der Waals surface area contributed by atoms with Gasteiger partial charge in [-0.25, -0.2) is 4.74 Å². The molecule has 0 heterocycles. The molecule has 0 aliphatic rings. The zero-order valence-corrected chi connectivity index (χ0v) is 7.66. The van der Waals surface area contributed by atoms with Crippen LogP contribution in [-0.4, -0.2) is 18.0 Å². The van der Waals surface area contributed by atoms with E-state index in [1.807, 2.05) is 25.1 Å². The van der Waals surface area contributed by atoms with Crippen LogP contribution in [0, 0.1) is 19.1 Å². The summed E-state index contributed by atoms with van der Waals surface area (Å²) in [6, 6.07) is 5.96. The smallest absolute Gasteiger partial charge is 0.181 e. The molecule has 0 atom stereocenters. The molecule has 0 saturated carbocycles. The molecule has 0 aliphatic carbocycles. The summed E-state index contributed by atoms with van der Waals surface area (Å²) in [5, 5.41) is 10.7. The molecule has 1 aromatic rings. The standard InChI is InChI=1S/C10H13NO/c1-8-4-5-10(6-9(8)2)7-11(3)12/h4-7H,1-3H3. The fourth-order valence-corrected chi connectivity index (χ4v) is 1.05. The van der Waals surface area contributed by atoms with Crippen molar-refractivity contribution in [2.75, 3.05) is 7.05 Å². The summed E-state index contributed by atoms with van der Waals surface area (Å²) in [5.41, 5.74) is 3.42. The lowest BCUT2D eigenvalue weighted by Crippen LogP contribution is -1.97. The molecule has 64 valence electrons. The normalized spacial score (nSPS) is 11.8. The van der Waals surface area contributed by atoms with Gasteiger partial charge < -0.3 is 5.21 Å². The average molecular weight is 163 g/mol. The van der Waals surface area contributed by atoms with Gasteiger partial charge in [-0.3, -0.25) is 0 Å². The van der Waals surface area contributed by atoms with E-state index in [0.29, 0.717) is 0 Å². The molecule has 0 aromatic heterocycles. The van der Waals surface area contributed by atoms with E-state index >= 15 is 0 Å². The van der Waals surface area contributed by atoms with Crippen molar-refractivity contribution in [3.63, 3.8) is 0 Å². The highest BCUT2D eigenvalue weighted by atomic mass is 16.5. The lowest BCUT2D eigenvalue weighted by molar-refractivity contribution is -0.416. The molecule has 12 heavy (non-hydrogen) atoms. The third-order valence-electron chi connectivity index (χ3n) is 1.86.